The van der Waals surface area contributed by atoms with E-state index in [0.717, 1.165) is 31.2 Å². The monoisotopic (exact) mass is 282 g/mol. The molecule has 0 spiro atoms. The van der Waals surface area contributed by atoms with Gasteiger partial charge >= 0.3 is 0 Å². The second-order valence-corrected chi connectivity index (χ2v) is 7.08. The maximum atomic E-state index is 12.7. The minimum Gasteiger partial charge on any atom is -0.398 e. The van der Waals surface area contributed by atoms with Gasteiger partial charge in [-0.3, -0.25) is 0 Å². The third kappa shape index (κ3) is 2.77. The van der Waals surface area contributed by atoms with E-state index in [9.17, 15) is 8.42 Å². The summed E-state index contributed by atoms with van der Waals surface area (Å²) in [6, 6.07) is 5.13. The van der Waals surface area contributed by atoms with Crippen LogP contribution in [-0.2, 0) is 10.0 Å². The van der Waals surface area contributed by atoms with Gasteiger partial charge in [-0.1, -0.05) is 19.4 Å². The van der Waals surface area contributed by atoms with E-state index in [-0.39, 0.29) is 6.04 Å². The van der Waals surface area contributed by atoms with Crippen LogP contribution in [0, 0.1) is 6.92 Å². The van der Waals surface area contributed by atoms with Crippen molar-refractivity contribution in [2.45, 2.75) is 50.5 Å². The van der Waals surface area contributed by atoms with E-state index in [0.29, 0.717) is 17.1 Å². The van der Waals surface area contributed by atoms with Crippen molar-refractivity contribution in [3.63, 3.8) is 0 Å². The maximum Gasteiger partial charge on any atom is 0.243 e. The van der Waals surface area contributed by atoms with E-state index in [1.54, 1.807) is 22.5 Å². The number of hydrogen-bond donors (Lipinski definition) is 1. The second kappa shape index (κ2) is 5.51. The molecule has 1 aliphatic heterocycles. The summed E-state index contributed by atoms with van der Waals surface area (Å²) in [6.45, 7) is 4.54. The summed E-state index contributed by atoms with van der Waals surface area (Å²) in [6.07, 6.45) is 3.87. The minimum atomic E-state index is -3.41. The number of anilines is 1. The van der Waals surface area contributed by atoms with E-state index in [4.69, 9.17) is 5.73 Å². The first-order chi connectivity index (χ1) is 8.96. The summed E-state index contributed by atoms with van der Waals surface area (Å²) in [7, 11) is -3.41. The lowest BCUT2D eigenvalue weighted by Gasteiger charge is -2.34. The van der Waals surface area contributed by atoms with Crippen LogP contribution in [0.3, 0.4) is 0 Å². The Balaban J connectivity index is 2.37. The molecule has 1 aliphatic rings. The Morgan fingerprint density at radius 3 is 2.74 bits per heavy atom. The van der Waals surface area contributed by atoms with Crippen molar-refractivity contribution in [3.05, 3.63) is 23.8 Å². The van der Waals surface area contributed by atoms with Crippen LogP contribution in [0.4, 0.5) is 5.69 Å². The van der Waals surface area contributed by atoms with Gasteiger partial charge in [0.25, 0.3) is 0 Å². The maximum absolute atomic E-state index is 12.7. The lowest BCUT2D eigenvalue weighted by Crippen LogP contribution is -2.43. The van der Waals surface area contributed by atoms with Crippen LogP contribution in [0.5, 0.6) is 0 Å². The first-order valence-electron chi connectivity index (χ1n) is 6.84. The average molecular weight is 282 g/mol. The third-order valence-electron chi connectivity index (χ3n) is 3.90. The van der Waals surface area contributed by atoms with Crippen molar-refractivity contribution in [1.29, 1.82) is 0 Å². The molecule has 1 saturated heterocycles. The highest BCUT2D eigenvalue weighted by Gasteiger charge is 2.32. The van der Waals surface area contributed by atoms with Gasteiger partial charge in [0.1, 0.15) is 0 Å². The number of rotatable bonds is 3. The van der Waals surface area contributed by atoms with Gasteiger partial charge in [0.05, 0.1) is 4.90 Å². The highest BCUT2D eigenvalue weighted by Crippen LogP contribution is 2.28. The summed E-state index contributed by atoms with van der Waals surface area (Å²) < 4.78 is 27.0. The van der Waals surface area contributed by atoms with Crippen LogP contribution >= 0.6 is 0 Å². The van der Waals surface area contributed by atoms with Crippen LogP contribution in [0.15, 0.2) is 23.1 Å². The molecule has 19 heavy (non-hydrogen) atoms. The molecule has 1 unspecified atom stereocenters. The van der Waals surface area contributed by atoms with Crippen molar-refractivity contribution in [2.75, 3.05) is 12.3 Å². The Hall–Kier alpha value is -1.07. The molecule has 0 amide bonds. The number of nitrogen functional groups attached to an aromatic ring is 1. The van der Waals surface area contributed by atoms with E-state index < -0.39 is 10.0 Å². The summed E-state index contributed by atoms with van der Waals surface area (Å²) in [5, 5.41) is 0. The first-order valence-corrected chi connectivity index (χ1v) is 8.28. The molecule has 0 aromatic heterocycles. The lowest BCUT2D eigenvalue weighted by molar-refractivity contribution is 0.246. The molecule has 0 saturated carbocycles. The van der Waals surface area contributed by atoms with Gasteiger partial charge in [0.15, 0.2) is 0 Å². The fourth-order valence-corrected chi connectivity index (χ4v) is 4.42. The minimum absolute atomic E-state index is 0.126. The van der Waals surface area contributed by atoms with Gasteiger partial charge in [0, 0.05) is 18.3 Å². The zero-order chi connectivity index (χ0) is 14.0. The van der Waals surface area contributed by atoms with Crippen LogP contribution in [-0.4, -0.2) is 25.3 Å². The SMILES string of the molecule is CCC1CCCCN1S(=O)(=O)c1ccc(C)c(N)c1. The van der Waals surface area contributed by atoms with Gasteiger partial charge < -0.3 is 5.73 Å². The number of benzene rings is 1. The zero-order valence-electron chi connectivity index (χ0n) is 11.6. The largest absolute Gasteiger partial charge is 0.398 e. The molecule has 2 N–H and O–H groups in total. The van der Waals surface area contributed by atoms with Gasteiger partial charge in [-0.25, -0.2) is 8.42 Å². The predicted octanol–water partition coefficient (Wildman–Crippen LogP) is 2.53. The Morgan fingerprint density at radius 1 is 1.37 bits per heavy atom. The number of piperidine rings is 1. The molecule has 0 bridgehead atoms. The Bertz CT molecular complexity index is 555. The molecule has 4 nitrogen and oxygen atoms in total. The third-order valence-corrected chi connectivity index (χ3v) is 5.85. The van der Waals surface area contributed by atoms with Gasteiger partial charge in [-0.05, 0) is 43.9 Å². The second-order valence-electron chi connectivity index (χ2n) is 5.19. The van der Waals surface area contributed by atoms with Crippen molar-refractivity contribution in [3.8, 4) is 0 Å². The topological polar surface area (TPSA) is 63.4 Å². The van der Waals surface area contributed by atoms with Crippen LogP contribution in [0.25, 0.3) is 0 Å². The standard InChI is InChI=1S/C14H22N2O2S/c1-3-12-6-4-5-9-16(12)19(17,18)13-8-7-11(2)14(15)10-13/h7-8,10,12H,3-6,9,15H2,1-2H3. The summed E-state index contributed by atoms with van der Waals surface area (Å²) >= 11 is 0. The smallest absolute Gasteiger partial charge is 0.243 e. The molecule has 1 aromatic rings. The lowest BCUT2D eigenvalue weighted by atomic mass is 10.0. The molecule has 2 rings (SSSR count). The predicted molar refractivity (Wildman–Crippen MR) is 77.4 cm³/mol. The molecule has 5 heteroatoms. The highest BCUT2D eigenvalue weighted by atomic mass is 32.2. The van der Waals surface area contributed by atoms with E-state index in [1.165, 1.54) is 0 Å². The quantitative estimate of drug-likeness (QED) is 0.866. The fraction of sp³-hybridized carbons (Fsp3) is 0.571. The number of nitrogens with zero attached hydrogens (tertiary/aromatic N) is 1. The van der Waals surface area contributed by atoms with Crippen LogP contribution in [0.2, 0.25) is 0 Å². The molecule has 1 heterocycles. The molecular weight excluding hydrogens is 260 g/mol. The normalized spacial score (nSPS) is 21.5. The zero-order valence-corrected chi connectivity index (χ0v) is 12.4. The van der Waals surface area contributed by atoms with Gasteiger partial charge in [0.2, 0.25) is 10.0 Å². The Morgan fingerprint density at radius 2 is 2.11 bits per heavy atom. The van der Waals surface area contributed by atoms with Crippen LogP contribution in [0.1, 0.15) is 38.2 Å². The van der Waals surface area contributed by atoms with E-state index >= 15 is 0 Å². The Kier molecular flexibility index (Phi) is 4.16. The van der Waals surface area contributed by atoms with E-state index in [2.05, 4.69) is 0 Å². The molecule has 1 aromatic carbocycles. The fourth-order valence-electron chi connectivity index (χ4n) is 2.61. The van der Waals surface area contributed by atoms with Crippen molar-refractivity contribution in [1.82, 2.24) is 4.31 Å². The highest BCUT2D eigenvalue weighted by molar-refractivity contribution is 7.89. The van der Waals surface area contributed by atoms with Crippen LogP contribution < -0.4 is 5.73 Å². The Labute approximate surface area is 115 Å². The summed E-state index contributed by atoms with van der Waals surface area (Å²) in [4.78, 5) is 0.316. The molecule has 1 fully saturated rings. The molecule has 106 valence electrons. The number of nitrogens with two attached hydrogens (primary N) is 1. The molecular formula is C14H22N2O2S. The number of aryl methyl sites for hydroxylation is 1. The summed E-state index contributed by atoms with van der Waals surface area (Å²) in [5.74, 6) is 0. The van der Waals surface area contributed by atoms with Crippen molar-refractivity contribution >= 4 is 15.7 Å². The van der Waals surface area contributed by atoms with Gasteiger partial charge in [-0.2, -0.15) is 4.31 Å². The van der Waals surface area contributed by atoms with E-state index in [1.807, 2.05) is 13.8 Å². The average Bonchev–Trinajstić information content (AvgIpc) is 2.41. The van der Waals surface area contributed by atoms with Crippen molar-refractivity contribution < 1.29 is 8.42 Å². The first kappa shape index (κ1) is 14.3. The molecule has 0 aliphatic carbocycles. The molecule has 0 radical (unpaired) electrons. The summed E-state index contributed by atoms with van der Waals surface area (Å²) in [5.41, 5.74) is 7.27. The number of sulfonamides is 1. The molecule has 1 atom stereocenters. The van der Waals surface area contributed by atoms with Crippen molar-refractivity contribution in [2.24, 2.45) is 0 Å². The van der Waals surface area contributed by atoms with Gasteiger partial charge in [-0.15, -0.1) is 0 Å². The number of hydrogen-bond acceptors (Lipinski definition) is 3.